The predicted molar refractivity (Wildman–Crippen MR) is 52.0 cm³/mol. The van der Waals surface area contributed by atoms with Crippen molar-refractivity contribution in [2.45, 2.75) is 19.4 Å². The van der Waals surface area contributed by atoms with Crippen molar-refractivity contribution in [3.05, 3.63) is 28.0 Å². The summed E-state index contributed by atoms with van der Waals surface area (Å²) in [5.74, 6) is 0. The van der Waals surface area contributed by atoms with Crippen LogP contribution in [-0.4, -0.2) is 11.5 Å². The van der Waals surface area contributed by atoms with Crippen LogP contribution in [0.3, 0.4) is 0 Å². The minimum absolute atomic E-state index is 0.498. The van der Waals surface area contributed by atoms with E-state index in [4.69, 9.17) is 0 Å². The van der Waals surface area contributed by atoms with Crippen LogP contribution in [0, 0.1) is 6.92 Å². The molecule has 3 heteroatoms. The number of hydrogen-bond acceptors (Lipinski definition) is 2. The molecule has 0 aromatic carbocycles. The van der Waals surface area contributed by atoms with Gasteiger partial charge in [0.05, 0.1) is 11.7 Å². The second kappa shape index (κ2) is 3.15. The van der Waals surface area contributed by atoms with E-state index in [0.717, 1.165) is 11.0 Å². The third-order valence-corrected chi connectivity index (χ3v) is 2.67. The molecule has 64 valence electrons. The van der Waals surface area contributed by atoms with E-state index >= 15 is 0 Å². The van der Waals surface area contributed by atoms with Gasteiger partial charge in [0.25, 0.3) is 0 Å². The van der Waals surface area contributed by atoms with Crippen LogP contribution in [0.2, 0.25) is 0 Å². The number of rotatable bonds is 1. The molecule has 2 heterocycles. The summed E-state index contributed by atoms with van der Waals surface area (Å²) in [6.07, 6.45) is 3.08. The molecule has 0 aliphatic carbocycles. The Kier molecular flexibility index (Phi) is 2.15. The Labute approximate surface area is 80.5 Å². The molecular weight excluding hydrogens is 216 g/mol. The predicted octanol–water partition coefficient (Wildman–Crippen LogP) is 2.19. The molecule has 2 rings (SSSR count). The van der Waals surface area contributed by atoms with Crippen LogP contribution in [-0.2, 0) is 0 Å². The lowest BCUT2D eigenvalue weighted by atomic mass is 10.00. The summed E-state index contributed by atoms with van der Waals surface area (Å²) in [6, 6.07) is 2.61. The van der Waals surface area contributed by atoms with Crippen LogP contribution in [0.15, 0.2) is 16.7 Å². The van der Waals surface area contributed by atoms with E-state index in [-0.39, 0.29) is 0 Å². The lowest BCUT2D eigenvalue weighted by molar-refractivity contribution is 0.373. The molecule has 1 aliphatic heterocycles. The highest BCUT2D eigenvalue weighted by molar-refractivity contribution is 9.10. The summed E-state index contributed by atoms with van der Waals surface area (Å²) in [7, 11) is 0. The van der Waals surface area contributed by atoms with Gasteiger partial charge in [-0.2, -0.15) is 0 Å². The fourth-order valence-electron chi connectivity index (χ4n) is 1.44. The highest BCUT2D eigenvalue weighted by atomic mass is 79.9. The molecule has 1 aromatic rings. The number of pyridine rings is 1. The Balaban J connectivity index is 2.31. The molecule has 0 amide bonds. The van der Waals surface area contributed by atoms with Crippen molar-refractivity contribution in [1.82, 2.24) is 10.3 Å². The largest absolute Gasteiger partial charge is 0.309 e. The van der Waals surface area contributed by atoms with Gasteiger partial charge in [-0.3, -0.25) is 4.98 Å². The molecule has 1 atom stereocenters. The van der Waals surface area contributed by atoms with E-state index < -0.39 is 0 Å². The minimum Gasteiger partial charge on any atom is -0.309 e. The smallest absolute Gasteiger partial charge is 0.0603 e. The van der Waals surface area contributed by atoms with E-state index in [1.165, 1.54) is 17.7 Å². The van der Waals surface area contributed by atoms with Crippen molar-refractivity contribution in [2.75, 3.05) is 6.54 Å². The van der Waals surface area contributed by atoms with E-state index in [0.29, 0.717) is 6.04 Å². The van der Waals surface area contributed by atoms with Gasteiger partial charge in [-0.1, -0.05) is 0 Å². The number of hydrogen-bond donors (Lipinski definition) is 1. The Hall–Kier alpha value is -0.410. The summed E-state index contributed by atoms with van der Waals surface area (Å²) < 4.78 is 1.06. The second-order valence-corrected chi connectivity index (χ2v) is 4.07. The summed E-state index contributed by atoms with van der Waals surface area (Å²) >= 11 is 3.40. The molecule has 1 saturated heterocycles. The first-order chi connectivity index (χ1) is 5.77. The summed E-state index contributed by atoms with van der Waals surface area (Å²) in [5, 5.41) is 3.34. The molecule has 1 fully saturated rings. The van der Waals surface area contributed by atoms with Crippen molar-refractivity contribution < 1.29 is 0 Å². The summed E-state index contributed by atoms with van der Waals surface area (Å²) in [4.78, 5) is 4.39. The average molecular weight is 227 g/mol. The van der Waals surface area contributed by atoms with Gasteiger partial charge in [0, 0.05) is 10.7 Å². The standard InChI is InChI=1S/C9H11BrN2/c1-6-4-7(10)5-12-9(6)8-2-3-11-8/h4-5,8,11H,2-3H2,1H3/t8-/m0/s1. The highest BCUT2D eigenvalue weighted by Crippen LogP contribution is 2.25. The molecule has 0 unspecified atom stereocenters. The van der Waals surface area contributed by atoms with Gasteiger partial charge in [-0.05, 0) is 47.4 Å². The Morgan fingerprint density at radius 1 is 1.67 bits per heavy atom. The molecule has 1 aromatic heterocycles. The van der Waals surface area contributed by atoms with Crippen LogP contribution in [0.5, 0.6) is 0 Å². The maximum Gasteiger partial charge on any atom is 0.0603 e. The van der Waals surface area contributed by atoms with Gasteiger partial charge in [0.2, 0.25) is 0 Å². The Bertz CT molecular complexity index is 295. The van der Waals surface area contributed by atoms with E-state index in [9.17, 15) is 0 Å². The van der Waals surface area contributed by atoms with Crippen LogP contribution < -0.4 is 5.32 Å². The van der Waals surface area contributed by atoms with Crippen LogP contribution in [0.1, 0.15) is 23.7 Å². The van der Waals surface area contributed by atoms with Gasteiger partial charge in [0.15, 0.2) is 0 Å². The van der Waals surface area contributed by atoms with Gasteiger partial charge < -0.3 is 5.32 Å². The Morgan fingerprint density at radius 2 is 2.42 bits per heavy atom. The van der Waals surface area contributed by atoms with E-state index in [1.807, 2.05) is 6.20 Å². The summed E-state index contributed by atoms with van der Waals surface area (Å²) in [5.41, 5.74) is 2.46. The summed E-state index contributed by atoms with van der Waals surface area (Å²) in [6.45, 7) is 3.23. The number of nitrogens with zero attached hydrogens (tertiary/aromatic N) is 1. The molecule has 0 spiro atoms. The van der Waals surface area contributed by atoms with Crippen LogP contribution >= 0.6 is 15.9 Å². The van der Waals surface area contributed by atoms with Gasteiger partial charge in [0.1, 0.15) is 0 Å². The first-order valence-electron chi connectivity index (χ1n) is 4.13. The van der Waals surface area contributed by atoms with Gasteiger partial charge in [-0.25, -0.2) is 0 Å². The number of nitrogens with one attached hydrogen (secondary N) is 1. The third-order valence-electron chi connectivity index (χ3n) is 2.24. The average Bonchev–Trinajstić information content (AvgIpc) is 1.91. The van der Waals surface area contributed by atoms with Crippen molar-refractivity contribution >= 4 is 15.9 Å². The third kappa shape index (κ3) is 1.39. The molecule has 1 N–H and O–H groups in total. The molecule has 0 saturated carbocycles. The fraction of sp³-hybridized carbons (Fsp3) is 0.444. The van der Waals surface area contributed by atoms with Crippen molar-refractivity contribution in [2.24, 2.45) is 0 Å². The van der Waals surface area contributed by atoms with Crippen molar-refractivity contribution in [3.63, 3.8) is 0 Å². The van der Waals surface area contributed by atoms with Gasteiger partial charge in [-0.15, -0.1) is 0 Å². The topological polar surface area (TPSA) is 24.9 Å². The number of aryl methyl sites for hydroxylation is 1. The molecule has 1 aliphatic rings. The normalized spacial score (nSPS) is 22.0. The minimum atomic E-state index is 0.498. The lowest BCUT2D eigenvalue weighted by Crippen LogP contribution is -2.36. The van der Waals surface area contributed by atoms with Crippen molar-refractivity contribution in [1.29, 1.82) is 0 Å². The molecular formula is C9H11BrN2. The van der Waals surface area contributed by atoms with E-state index in [2.05, 4.69) is 39.2 Å². The van der Waals surface area contributed by atoms with Crippen LogP contribution in [0.25, 0.3) is 0 Å². The second-order valence-electron chi connectivity index (χ2n) is 3.15. The van der Waals surface area contributed by atoms with E-state index in [1.54, 1.807) is 0 Å². The Morgan fingerprint density at radius 3 is 2.92 bits per heavy atom. The fourth-order valence-corrected chi connectivity index (χ4v) is 1.88. The number of halogens is 1. The van der Waals surface area contributed by atoms with Crippen molar-refractivity contribution in [3.8, 4) is 0 Å². The highest BCUT2D eigenvalue weighted by Gasteiger charge is 2.21. The zero-order valence-corrected chi connectivity index (χ0v) is 8.56. The SMILES string of the molecule is Cc1cc(Br)cnc1[C@@H]1CCN1. The van der Waals surface area contributed by atoms with Gasteiger partial charge >= 0.3 is 0 Å². The molecule has 0 radical (unpaired) electrons. The first kappa shape index (κ1) is 8.20. The lowest BCUT2D eigenvalue weighted by Gasteiger charge is -2.28. The molecule has 2 nitrogen and oxygen atoms in total. The zero-order valence-electron chi connectivity index (χ0n) is 6.97. The first-order valence-corrected chi connectivity index (χ1v) is 4.92. The maximum absolute atomic E-state index is 4.39. The monoisotopic (exact) mass is 226 g/mol. The van der Waals surface area contributed by atoms with Crippen LogP contribution in [0.4, 0.5) is 0 Å². The maximum atomic E-state index is 4.39. The zero-order chi connectivity index (χ0) is 8.55. The molecule has 12 heavy (non-hydrogen) atoms. The number of aromatic nitrogens is 1. The quantitative estimate of drug-likeness (QED) is 0.795. The molecule has 0 bridgehead atoms.